The van der Waals surface area contributed by atoms with Gasteiger partial charge in [0.1, 0.15) is 23.9 Å². The molecule has 286 valence electrons. The zero-order valence-corrected chi connectivity index (χ0v) is 28.9. The van der Waals surface area contributed by atoms with Crippen molar-refractivity contribution in [1.29, 1.82) is 0 Å². The number of ether oxygens (including phenoxy) is 4. The zero-order chi connectivity index (χ0) is 38.4. The SMILES string of the molecule is CCCCCCC(C)OC(=O)c1ccc(-c2ccc(OC(=O)c3ccc(OCCCCCCOCC(F)(F)C(F)(F)C(F)(F)F)cc3F)cc2)cc1. The second-order valence-electron chi connectivity index (χ2n) is 12.3. The molecule has 0 bridgehead atoms. The second kappa shape index (κ2) is 19.6. The summed E-state index contributed by atoms with van der Waals surface area (Å²) in [5.41, 5.74) is 1.72. The monoisotopic (exact) mass is 746 g/mol. The van der Waals surface area contributed by atoms with Gasteiger partial charge in [0.2, 0.25) is 0 Å². The average molecular weight is 747 g/mol. The van der Waals surface area contributed by atoms with Gasteiger partial charge in [-0.05, 0) is 86.6 Å². The van der Waals surface area contributed by atoms with Crippen molar-refractivity contribution in [2.45, 2.75) is 95.8 Å². The van der Waals surface area contributed by atoms with Crippen LogP contribution in [-0.4, -0.2) is 55.9 Å². The van der Waals surface area contributed by atoms with Crippen LogP contribution in [0.15, 0.2) is 66.7 Å². The summed E-state index contributed by atoms with van der Waals surface area (Å²) in [4.78, 5) is 25.1. The quantitative estimate of drug-likeness (QED) is 0.0468. The van der Waals surface area contributed by atoms with Gasteiger partial charge in [-0.3, -0.25) is 0 Å². The Morgan fingerprint density at radius 2 is 1.27 bits per heavy atom. The van der Waals surface area contributed by atoms with Crippen LogP contribution in [0.2, 0.25) is 0 Å². The second-order valence-corrected chi connectivity index (χ2v) is 12.3. The number of hydrogen-bond acceptors (Lipinski definition) is 6. The van der Waals surface area contributed by atoms with E-state index < -0.39 is 43.0 Å². The third-order valence-corrected chi connectivity index (χ3v) is 8.00. The maximum absolute atomic E-state index is 14.7. The molecule has 3 rings (SSSR count). The van der Waals surface area contributed by atoms with E-state index in [-0.39, 0.29) is 42.2 Å². The molecule has 14 heteroatoms. The van der Waals surface area contributed by atoms with Crippen LogP contribution in [0.4, 0.5) is 35.1 Å². The molecule has 0 aliphatic rings. The number of carbonyl (C=O) groups excluding carboxylic acids is 2. The summed E-state index contributed by atoms with van der Waals surface area (Å²) in [6.07, 6.45) is 0.0817. The molecule has 3 aromatic rings. The fourth-order valence-electron chi connectivity index (χ4n) is 4.94. The maximum Gasteiger partial charge on any atom is 0.459 e. The standard InChI is InChI=1S/C38H42F8O6/c1-3-4-5-8-11-26(2)51-34(47)29-14-12-27(13-15-29)28-16-18-30(19-17-28)52-35(48)32-21-20-31(24-33(32)39)50-23-10-7-6-9-22-49-25-36(40,41)37(42,43)38(44,45)46/h12-21,24,26H,3-11,22-23,25H2,1-2H3. The van der Waals surface area contributed by atoms with Crippen LogP contribution in [0.25, 0.3) is 11.1 Å². The van der Waals surface area contributed by atoms with Gasteiger partial charge in [0.05, 0.1) is 23.8 Å². The van der Waals surface area contributed by atoms with Gasteiger partial charge in [-0.2, -0.15) is 30.7 Å². The van der Waals surface area contributed by atoms with Crippen LogP contribution in [0.1, 0.15) is 92.4 Å². The number of hydrogen-bond donors (Lipinski definition) is 0. The highest BCUT2D eigenvalue weighted by Gasteiger charge is 2.73. The largest absolute Gasteiger partial charge is 0.493 e. The molecule has 0 spiro atoms. The normalized spacial score (nSPS) is 12.7. The van der Waals surface area contributed by atoms with E-state index >= 15 is 0 Å². The van der Waals surface area contributed by atoms with Gasteiger partial charge in [0, 0.05) is 12.7 Å². The van der Waals surface area contributed by atoms with Crippen molar-refractivity contribution in [1.82, 2.24) is 0 Å². The van der Waals surface area contributed by atoms with Crippen molar-refractivity contribution < 1.29 is 63.7 Å². The predicted octanol–water partition coefficient (Wildman–Crippen LogP) is 11.0. The minimum Gasteiger partial charge on any atom is -0.493 e. The third-order valence-electron chi connectivity index (χ3n) is 8.00. The van der Waals surface area contributed by atoms with Gasteiger partial charge in [-0.25, -0.2) is 14.0 Å². The molecule has 0 heterocycles. The Hall–Kier alpha value is -4.20. The predicted molar refractivity (Wildman–Crippen MR) is 178 cm³/mol. The van der Waals surface area contributed by atoms with Crippen LogP contribution < -0.4 is 9.47 Å². The third kappa shape index (κ3) is 12.5. The van der Waals surface area contributed by atoms with Crippen molar-refractivity contribution in [2.24, 2.45) is 0 Å². The minimum atomic E-state index is -6.40. The van der Waals surface area contributed by atoms with Crippen LogP contribution in [0, 0.1) is 5.82 Å². The Kier molecular flexibility index (Phi) is 15.9. The lowest BCUT2D eigenvalue weighted by Gasteiger charge is -2.27. The molecule has 0 saturated heterocycles. The molecule has 0 N–H and O–H groups in total. The maximum atomic E-state index is 14.7. The molecule has 3 aromatic carbocycles. The van der Waals surface area contributed by atoms with Gasteiger partial charge < -0.3 is 18.9 Å². The van der Waals surface area contributed by atoms with Crippen molar-refractivity contribution in [3.05, 3.63) is 83.7 Å². The van der Waals surface area contributed by atoms with E-state index in [2.05, 4.69) is 11.7 Å². The lowest BCUT2D eigenvalue weighted by Crippen LogP contribution is -2.54. The number of esters is 2. The van der Waals surface area contributed by atoms with E-state index in [1.807, 2.05) is 6.92 Å². The fourth-order valence-corrected chi connectivity index (χ4v) is 4.94. The molecule has 0 saturated carbocycles. The van der Waals surface area contributed by atoms with Gasteiger partial charge in [-0.15, -0.1) is 0 Å². The number of alkyl halides is 7. The van der Waals surface area contributed by atoms with Crippen LogP contribution >= 0.6 is 0 Å². The van der Waals surface area contributed by atoms with Crippen molar-refractivity contribution in [2.75, 3.05) is 19.8 Å². The molecule has 0 fully saturated rings. The molecule has 52 heavy (non-hydrogen) atoms. The molecular weight excluding hydrogens is 704 g/mol. The molecule has 1 unspecified atom stereocenters. The first-order valence-corrected chi connectivity index (χ1v) is 17.0. The number of carbonyl (C=O) groups is 2. The molecule has 0 amide bonds. The number of rotatable bonds is 21. The van der Waals surface area contributed by atoms with E-state index in [1.165, 1.54) is 12.1 Å². The van der Waals surface area contributed by atoms with Gasteiger partial charge >= 0.3 is 30.0 Å². The van der Waals surface area contributed by atoms with Crippen molar-refractivity contribution in [3.8, 4) is 22.6 Å². The molecule has 0 aliphatic carbocycles. The first-order valence-electron chi connectivity index (χ1n) is 17.0. The topological polar surface area (TPSA) is 71.1 Å². The highest BCUT2D eigenvalue weighted by atomic mass is 19.4. The number of unbranched alkanes of at least 4 members (excludes halogenated alkanes) is 6. The van der Waals surface area contributed by atoms with Crippen LogP contribution in [0.5, 0.6) is 11.5 Å². The average Bonchev–Trinajstić information content (AvgIpc) is 3.09. The summed E-state index contributed by atoms with van der Waals surface area (Å²) in [6, 6.07) is 17.1. The van der Waals surface area contributed by atoms with Crippen molar-refractivity contribution in [3.63, 3.8) is 0 Å². The molecule has 0 aliphatic heterocycles. The molecule has 6 nitrogen and oxygen atoms in total. The van der Waals surface area contributed by atoms with Gasteiger partial charge in [0.25, 0.3) is 0 Å². The van der Waals surface area contributed by atoms with Gasteiger partial charge in [-0.1, -0.05) is 56.9 Å². The Morgan fingerprint density at radius 1 is 0.692 bits per heavy atom. The zero-order valence-electron chi connectivity index (χ0n) is 28.9. The van der Waals surface area contributed by atoms with E-state index in [4.69, 9.17) is 14.2 Å². The molecule has 0 aromatic heterocycles. The Balaban J connectivity index is 1.38. The summed E-state index contributed by atoms with van der Waals surface area (Å²) in [6.45, 7) is 1.64. The summed E-state index contributed by atoms with van der Waals surface area (Å²) < 4.78 is 124. The Bertz CT molecular complexity index is 1560. The smallest absolute Gasteiger partial charge is 0.459 e. The number of halogens is 8. The summed E-state index contributed by atoms with van der Waals surface area (Å²) in [5.74, 6) is -13.5. The lowest BCUT2D eigenvalue weighted by molar-refractivity contribution is -0.361. The summed E-state index contributed by atoms with van der Waals surface area (Å²) >= 11 is 0. The molecule has 0 radical (unpaired) electrons. The highest BCUT2D eigenvalue weighted by molar-refractivity contribution is 5.92. The summed E-state index contributed by atoms with van der Waals surface area (Å²) in [5, 5.41) is 0. The van der Waals surface area contributed by atoms with E-state index in [1.54, 1.807) is 48.5 Å². The summed E-state index contributed by atoms with van der Waals surface area (Å²) in [7, 11) is 0. The molecular formula is C38H42F8O6. The number of benzene rings is 3. The van der Waals surface area contributed by atoms with Crippen LogP contribution in [-0.2, 0) is 9.47 Å². The Labute approximate surface area is 297 Å². The molecule has 1 atom stereocenters. The van der Waals surface area contributed by atoms with Crippen LogP contribution in [0.3, 0.4) is 0 Å². The highest BCUT2D eigenvalue weighted by Crippen LogP contribution is 2.46. The van der Waals surface area contributed by atoms with Gasteiger partial charge in [0.15, 0.2) is 0 Å². The van der Waals surface area contributed by atoms with E-state index in [0.717, 1.165) is 49.3 Å². The van der Waals surface area contributed by atoms with E-state index in [9.17, 15) is 44.7 Å². The first kappa shape index (κ1) is 42.2. The fraction of sp³-hybridized carbons (Fsp3) is 0.474. The lowest BCUT2D eigenvalue weighted by atomic mass is 10.0. The first-order chi connectivity index (χ1) is 24.6. The van der Waals surface area contributed by atoms with Crippen molar-refractivity contribution >= 4 is 11.9 Å². The minimum absolute atomic E-state index is 0.123. The Morgan fingerprint density at radius 3 is 1.87 bits per heavy atom. The van der Waals surface area contributed by atoms with E-state index in [0.29, 0.717) is 24.8 Å².